The minimum Gasteiger partial charge on any atom is -0.359 e. The number of ether oxygens (including phenoxy) is 3. The zero-order valence-corrected chi connectivity index (χ0v) is 19.0. The lowest BCUT2D eigenvalue weighted by Gasteiger charge is -2.31. The first-order valence-electron chi connectivity index (χ1n) is 12.2. The molecule has 0 bridgehead atoms. The molecule has 0 saturated carbocycles. The highest BCUT2D eigenvalue weighted by Crippen LogP contribution is 2.33. The molecule has 166 valence electrons. The van der Waals surface area contributed by atoms with Crippen molar-refractivity contribution in [1.29, 1.82) is 0 Å². The number of nitrogens with one attached hydrogen (secondary N) is 1. The van der Waals surface area contributed by atoms with Crippen LogP contribution in [0, 0.1) is 0 Å². The molecule has 1 N–H and O–H groups in total. The van der Waals surface area contributed by atoms with Gasteiger partial charge in [0.2, 0.25) is 0 Å². The molecule has 0 amide bonds. The lowest BCUT2D eigenvalue weighted by molar-refractivity contribution is -0.0605. The van der Waals surface area contributed by atoms with E-state index in [1.807, 2.05) is 0 Å². The van der Waals surface area contributed by atoms with Gasteiger partial charge in [0.05, 0.1) is 19.8 Å². The molecule has 1 unspecified atom stereocenters. The second-order valence-electron chi connectivity index (χ2n) is 9.64. The molecule has 0 aliphatic carbocycles. The predicted octanol–water partition coefficient (Wildman–Crippen LogP) is 6.33. The molecule has 28 heavy (non-hydrogen) atoms. The third kappa shape index (κ3) is 9.56. The maximum atomic E-state index is 6.32. The summed E-state index contributed by atoms with van der Waals surface area (Å²) in [5.41, 5.74) is -0.0560. The van der Waals surface area contributed by atoms with Crippen molar-refractivity contribution in [3.63, 3.8) is 0 Å². The van der Waals surface area contributed by atoms with E-state index in [0.717, 1.165) is 45.5 Å². The molecule has 2 aliphatic heterocycles. The summed E-state index contributed by atoms with van der Waals surface area (Å²) in [4.78, 5) is 0. The molecule has 2 saturated heterocycles. The van der Waals surface area contributed by atoms with Gasteiger partial charge in [-0.1, -0.05) is 71.1 Å². The maximum Gasteiger partial charge on any atom is 0.157 e. The summed E-state index contributed by atoms with van der Waals surface area (Å²) >= 11 is 0. The normalized spacial score (nSPS) is 25.0. The predicted molar refractivity (Wildman–Crippen MR) is 117 cm³/mol. The van der Waals surface area contributed by atoms with Crippen LogP contribution in [0.4, 0.5) is 0 Å². The smallest absolute Gasteiger partial charge is 0.157 e. The summed E-state index contributed by atoms with van der Waals surface area (Å²) < 4.78 is 17.5. The zero-order chi connectivity index (χ0) is 20.1. The summed E-state index contributed by atoms with van der Waals surface area (Å²) in [6, 6.07) is 0. The molecule has 0 aromatic rings. The van der Waals surface area contributed by atoms with Crippen LogP contribution in [0.1, 0.15) is 117 Å². The van der Waals surface area contributed by atoms with Crippen molar-refractivity contribution < 1.29 is 14.2 Å². The molecule has 0 aromatic heterocycles. The second kappa shape index (κ2) is 13.2. The van der Waals surface area contributed by atoms with Crippen LogP contribution < -0.4 is 5.32 Å². The topological polar surface area (TPSA) is 39.7 Å². The van der Waals surface area contributed by atoms with Gasteiger partial charge in [-0.2, -0.15) is 0 Å². The van der Waals surface area contributed by atoms with Crippen molar-refractivity contribution in [2.45, 2.75) is 135 Å². The molecule has 4 nitrogen and oxygen atoms in total. The first kappa shape index (κ1) is 24.1. The van der Waals surface area contributed by atoms with E-state index in [-0.39, 0.29) is 17.6 Å². The fraction of sp³-hybridized carbons (Fsp3) is 1.00. The summed E-state index contributed by atoms with van der Waals surface area (Å²) in [6.45, 7) is 9.08. The molecule has 0 aromatic carbocycles. The highest BCUT2D eigenvalue weighted by molar-refractivity contribution is 4.94. The summed E-state index contributed by atoms with van der Waals surface area (Å²) in [5, 5.41) is 3.80. The lowest BCUT2D eigenvalue weighted by atomic mass is 9.96. The monoisotopic (exact) mass is 397 g/mol. The molecule has 2 heterocycles. The Morgan fingerprint density at radius 2 is 1.29 bits per heavy atom. The van der Waals surface area contributed by atoms with Crippen molar-refractivity contribution in [3.8, 4) is 0 Å². The van der Waals surface area contributed by atoms with Gasteiger partial charge in [0, 0.05) is 5.54 Å². The van der Waals surface area contributed by atoms with E-state index in [2.05, 4.69) is 26.1 Å². The average Bonchev–Trinajstić information content (AvgIpc) is 3.28. The number of rotatable bonds is 16. The molecule has 4 heteroatoms. The van der Waals surface area contributed by atoms with Crippen molar-refractivity contribution in [2.75, 3.05) is 19.8 Å². The number of hydrogen-bond acceptors (Lipinski definition) is 4. The Kier molecular flexibility index (Phi) is 11.4. The van der Waals surface area contributed by atoms with Crippen molar-refractivity contribution in [1.82, 2.24) is 5.32 Å². The molecule has 2 aliphatic rings. The Hall–Kier alpha value is -0.160. The van der Waals surface area contributed by atoms with Gasteiger partial charge in [0.15, 0.2) is 6.29 Å². The van der Waals surface area contributed by atoms with Crippen LogP contribution in [0.5, 0.6) is 0 Å². The third-order valence-corrected chi connectivity index (χ3v) is 6.17. The number of hydrogen-bond donors (Lipinski definition) is 1. The minimum absolute atomic E-state index is 0.00781. The van der Waals surface area contributed by atoms with E-state index in [4.69, 9.17) is 14.2 Å². The van der Waals surface area contributed by atoms with Gasteiger partial charge < -0.3 is 14.2 Å². The van der Waals surface area contributed by atoms with Gasteiger partial charge in [-0.3, -0.25) is 5.32 Å². The van der Waals surface area contributed by atoms with Crippen molar-refractivity contribution >= 4 is 0 Å². The molecular weight excluding hydrogens is 350 g/mol. The lowest BCUT2D eigenvalue weighted by Crippen LogP contribution is -2.48. The summed E-state index contributed by atoms with van der Waals surface area (Å²) in [6.07, 6.45) is 19.5. The van der Waals surface area contributed by atoms with Crippen LogP contribution >= 0.6 is 0 Å². The maximum absolute atomic E-state index is 6.32. The molecule has 0 radical (unpaired) electrons. The van der Waals surface area contributed by atoms with E-state index in [0.29, 0.717) is 0 Å². The molecule has 2 fully saturated rings. The second-order valence-corrected chi connectivity index (χ2v) is 9.64. The highest BCUT2D eigenvalue weighted by atomic mass is 16.7. The van der Waals surface area contributed by atoms with Crippen LogP contribution in [0.2, 0.25) is 0 Å². The Bertz CT molecular complexity index is 395. The van der Waals surface area contributed by atoms with E-state index in [1.165, 1.54) is 70.6 Å². The van der Waals surface area contributed by atoms with E-state index in [9.17, 15) is 0 Å². The van der Waals surface area contributed by atoms with Crippen LogP contribution in [-0.2, 0) is 14.2 Å². The van der Waals surface area contributed by atoms with Gasteiger partial charge in [0.1, 0.15) is 5.72 Å². The Labute approximate surface area is 174 Å². The van der Waals surface area contributed by atoms with Crippen LogP contribution in [0.3, 0.4) is 0 Å². The van der Waals surface area contributed by atoms with Crippen molar-refractivity contribution in [2.24, 2.45) is 0 Å². The van der Waals surface area contributed by atoms with Crippen molar-refractivity contribution in [3.05, 3.63) is 0 Å². The fourth-order valence-electron chi connectivity index (χ4n) is 4.60. The summed E-state index contributed by atoms with van der Waals surface area (Å²) in [7, 11) is 0. The average molecular weight is 398 g/mol. The number of unbranched alkanes of at least 4 members (excludes halogenated alkanes) is 10. The van der Waals surface area contributed by atoms with Gasteiger partial charge in [0.25, 0.3) is 0 Å². The van der Waals surface area contributed by atoms with Gasteiger partial charge in [-0.05, 0) is 46.0 Å². The van der Waals surface area contributed by atoms with E-state index in [1.54, 1.807) is 0 Å². The summed E-state index contributed by atoms with van der Waals surface area (Å²) in [5.74, 6) is 0. The standard InChI is InChI=1S/C24H47NO3/c1-4-5-6-7-8-9-10-11-12-13-14-17-24(25-23(2,3)21-28-24)18-15-16-22-26-19-20-27-22/h22,25H,4-21H2,1-3H3. The largest absolute Gasteiger partial charge is 0.359 e. The quantitative estimate of drug-likeness (QED) is 0.309. The van der Waals surface area contributed by atoms with Crippen LogP contribution in [0.25, 0.3) is 0 Å². The van der Waals surface area contributed by atoms with Gasteiger partial charge in [-0.25, -0.2) is 0 Å². The van der Waals surface area contributed by atoms with E-state index >= 15 is 0 Å². The highest BCUT2D eigenvalue weighted by Gasteiger charge is 2.42. The molecular formula is C24H47NO3. The molecule has 2 rings (SSSR count). The van der Waals surface area contributed by atoms with Crippen LogP contribution in [0.15, 0.2) is 0 Å². The Balaban J connectivity index is 1.55. The first-order valence-corrected chi connectivity index (χ1v) is 12.2. The van der Waals surface area contributed by atoms with Gasteiger partial charge >= 0.3 is 0 Å². The van der Waals surface area contributed by atoms with Gasteiger partial charge in [-0.15, -0.1) is 0 Å². The fourth-order valence-corrected chi connectivity index (χ4v) is 4.60. The molecule has 0 spiro atoms. The third-order valence-electron chi connectivity index (χ3n) is 6.17. The SMILES string of the molecule is CCCCCCCCCCCCCC1(CCCC2OCCO2)NC(C)(C)CO1. The Morgan fingerprint density at radius 1 is 0.750 bits per heavy atom. The minimum atomic E-state index is -0.138. The molecule has 1 atom stereocenters. The Morgan fingerprint density at radius 3 is 1.82 bits per heavy atom. The first-order chi connectivity index (χ1) is 13.6. The van der Waals surface area contributed by atoms with E-state index < -0.39 is 0 Å². The zero-order valence-electron chi connectivity index (χ0n) is 19.0. The van der Waals surface area contributed by atoms with Crippen LogP contribution in [-0.4, -0.2) is 37.4 Å².